The highest BCUT2D eigenvalue weighted by Crippen LogP contribution is 2.36. The summed E-state index contributed by atoms with van der Waals surface area (Å²) >= 11 is 7.45. The molecule has 0 bridgehead atoms. The Morgan fingerprint density at radius 2 is 2.00 bits per heavy atom. The fourth-order valence-corrected chi connectivity index (χ4v) is 4.00. The Morgan fingerprint density at radius 3 is 2.73 bits per heavy atom. The number of nitrogens with zero attached hydrogens (tertiary/aromatic N) is 3. The van der Waals surface area contributed by atoms with Gasteiger partial charge in [0.2, 0.25) is 0 Å². The Balaban J connectivity index is 1.69. The number of pyridine rings is 1. The molecule has 1 fully saturated rings. The highest BCUT2D eigenvalue weighted by atomic mass is 35.5. The third-order valence-electron chi connectivity index (χ3n) is 4.08. The van der Waals surface area contributed by atoms with Crippen LogP contribution in [0.2, 0.25) is 5.02 Å². The fourth-order valence-electron chi connectivity index (χ4n) is 2.82. The van der Waals surface area contributed by atoms with Crippen molar-refractivity contribution in [2.75, 3.05) is 24.7 Å². The molecule has 0 spiro atoms. The molecule has 0 radical (unpaired) electrons. The molecular weight excluding hydrogens is 374 g/mol. The number of fused-ring (bicyclic) bond motifs is 1. The first kappa shape index (κ1) is 17.5. The van der Waals surface area contributed by atoms with E-state index in [1.54, 1.807) is 6.20 Å². The van der Waals surface area contributed by atoms with Gasteiger partial charge in [0.25, 0.3) is 0 Å². The fraction of sp³-hybridized carbons (Fsp3) is 0.278. The zero-order chi connectivity index (χ0) is 17.9. The molecule has 2 aliphatic heterocycles. The van der Waals surface area contributed by atoms with Gasteiger partial charge in [0.15, 0.2) is 11.5 Å². The molecule has 26 heavy (non-hydrogen) atoms. The standard InChI is InChI=1S/C18H16ClN3O3S/c19-12-3-5-13(6-4-12)22(10-16-24-8-9-25-16)18-21-15(11-23)14-2-1-7-20-17(14)26-18/h1-7,11,15-16H,8-10H2. The molecule has 1 unspecified atom stereocenters. The average molecular weight is 390 g/mol. The van der Waals surface area contributed by atoms with Crippen LogP contribution in [0.5, 0.6) is 0 Å². The maximum atomic E-state index is 11.6. The SMILES string of the molecule is O=CC1N=C(N(CC2OCCO2)c2ccc(Cl)cc2)Sc2ncccc21. The summed E-state index contributed by atoms with van der Waals surface area (Å²) < 4.78 is 11.2. The van der Waals surface area contributed by atoms with Crippen molar-refractivity contribution in [3.8, 4) is 0 Å². The summed E-state index contributed by atoms with van der Waals surface area (Å²) in [5, 5.41) is 2.11. The van der Waals surface area contributed by atoms with Crippen LogP contribution < -0.4 is 4.90 Å². The number of hydrogen-bond acceptors (Lipinski definition) is 7. The van der Waals surface area contributed by atoms with Crippen molar-refractivity contribution >= 4 is 40.5 Å². The lowest BCUT2D eigenvalue weighted by Crippen LogP contribution is -2.38. The summed E-state index contributed by atoms with van der Waals surface area (Å²) in [5.41, 5.74) is 1.71. The van der Waals surface area contributed by atoms with E-state index in [1.807, 2.05) is 41.3 Å². The summed E-state index contributed by atoms with van der Waals surface area (Å²) in [6, 6.07) is 10.6. The zero-order valence-corrected chi connectivity index (χ0v) is 15.3. The number of thioether (sulfide) groups is 1. The van der Waals surface area contributed by atoms with Gasteiger partial charge in [0, 0.05) is 22.5 Å². The van der Waals surface area contributed by atoms with Crippen LogP contribution in [0, 0.1) is 0 Å². The molecule has 0 saturated carbocycles. The number of aldehydes is 1. The third-order valence-corrected chi connectivity index (χ3v) is 5.37. The van der Waals surface area contributed by atoms with Crippen molar-refractivity contribution in [2.24, 2.45) is 4.99 Å². The Kier molecular flexibility index (Phi) is 5.21. The van der Waals surface area contributed by atoms with E-state index in [-0.39, 0.29) is 6.29 Å². The van der Waals surface area contributed by atoms with Gasteiger partial charge in [0.1, 0.15) is 17.4 Å². The van der Waals surface area contributed by atoms with E-state index in [0.717, 1.165) is 22.6 Å². The molecule has 1 aromatic heterocycles. The minimum Gasteiger partial charge on any atom is -0.348 e. The van der Waals surface area contributed by atoms with Gasteiger partial charge in [-0.1, -0.05) is 17.7 Å². The first-order valence-corrected chi connectivity index (χ1v) is 9.36. The molecule has 0 aliphatic carbocycles. The maximum Gasteiger partial charge on any atom is 0.175 e. The van der Waals surface area contributed by atoms with Crippen LogP contribution in [0.3, 0.4) is 0 Å². The molecule has 1 atom stereocenters. The second-order valence-electron chi connectivity index (χ2n) is 5.75. The van der Waals surface area contributed by atoms with Gasteiger partial charge < -0.3 is 19.2 Å². The van der Waals surface area contributed by atoms with Gasteiger partial charge in [-0.2, -0.15) is 0 Å². The molecule has 6 nitrogen and oxygen atoms in total. The normalized spacial score (nSPS) is 19.7. The predicted octanol–water partition coefficient (Wildman–Crippen LogP) is 3.32. The number of benzene rings is 1. The number of rotatable bonds is 4. The number of aliphatic imine (C=N–C) groups is 1. The molecule has 0 N–H and O–H groups in total. The summed E-state index contributed by atoms with van der Waals surface area (Å²) in [7, 11) is 0. The lowest BCUT2D eigenvalue weighted by Gasteiger charge is -2.30. The van der Waals surface area contributed by atoms with Gasteiger partial charge in [-0.3, -0.25) is 0 Å². The van der Waals surface area contributed by atoms with Crippen LogP contribution >= 0.6 is 23.4 Å². The monoisotopic (exact) mass is 389 g/mol. The van der Waals surface area contributed by atoms with Gasteiger partial charge >= 0.3 is 0 Å². The molecule has 134 valence electrons. The highest BCUT2D eigenvalue weighted by Gasteiger charge is 2.29. The van der Waals surface area contributed by atoms with Crippen LogP contribution in [-0.4, -0.2) is 42.5 Å². The minimum absolute atomic E-state index is 0.353. The van der Waals surface area contributed by atoms with Gasteiger partial charge in [-0.15, -0.1) is 0 Å². The molecule has 2 aliphatic rings. The van der Waals surface area contributed by atoms with Gasteiger partial charge in [-0.05, 0) is 42.1 Å². The quantitative estimate of drug-likeness (QED) is 0.747. The number of carbonyl (C=O) groups excluding carboxylic acids is 1. The molecule has 3 heterocycles. The molecule has 2 aromatic rings. The van der Waals surface area contributed by atoms with Crippen LogP contribution in [0.15, 0.2) is 52.6 Å². The average Bonchev–Trinajstić information content (AvgIpc) is 3.19. The Morgan fingerprint density at radius 1 is 1.23 bits per heavy atom. The molecule has 1 saturated heterocycles. The summed E-state index contributed by atoms with van der Waals surface area (Å²) in [6.45, 7) is 1.60. The number of ether oxygens (including phenoxy) is 2. The Hall–Kier alpha value is -1.93. The van der Waals surface area contributed by atoms with Crippen LogP contribution in [0.1, 0.15) is 11.6 Å². The number of halogens is 1. The second-order valence-corrected chi connectivity index (χ2v) is 7.14. The van der Waals surface area contributed by atoms with E-state index >= 15 is 0 Å². The van der Waals surface area contributed by atoms with Gasteiger partial charge in [0.05, 0.1) is 19.8 Å². The minimum atomic E-state index is -0.574. The van der Waals surface area contributed by atoms with Crippen molar-refractivity contribution in [1.82, 2.24) is 4.98 Å². The maximum absolute atomic E-state index is 11.6. The molecule has 0 amide bonds. The number of carbonyl (C=O) groups is 1. The number of hydrogen-bond donors (Lipinski definition) is 0. The van der Waals surface area contributed by atoms with Crippen LogP contribution in [0.4, 0.5) is 5.69 Å². The van der Waals surface area contributed by atoms with Crippen molar-refractivity contribution in [3.63, 3.8) is 0 Å². The molecular formula is C18H16ClN3O3S. The van der Waals surface area contributed by atoms with E-state index < -0.39 is 6.04 Å². The number of amidine groups is 1. The largest absolute Gasteiger partial charge is 0.348 e. The lowest BCUT2D eigenvalue weighted by molar-refractivity contribution is -0.109. The number of aromatic nitrogens is 1. The highest BCUT2D eigenvalue weighted by molar-refractivity contribution is 8.14. The molecule has 1 aromatic carbocycles. The van der Waals surface area contributed by atoms with Crippen molar-refractivity contribution < 1.29 is 14.3 Å². The van der Waals surface area contributed by atoms with E-state index in [4.69, 9.17) is 21.1 Å². The molecule has 8 heteroatoms. The van der Waals surface area contributed by atoms with Gasteiger partial charge in [-0.25, -0.2) is 9.98 Å². The smallest absolute Gasteiger partial charge is 0.175 e. The first-order chi connectivity index (χ1) is 12.7. The van der Waals surface area contributed by atoms with Crippen LogP contribution in [0.25, 0.3) is 0 Å². The lowest BCUT2D eigenvalue weighted by atomic mass is 10.1. The topological polar surface area (TPSA) is 64.0 Å². The first-order valence-electron chi connectivity index (χ1n) is 8.17. The van der Waals surface area contributed by atoms with Crippen LogP contribution in [-0.2, 0) is 14.3 Å². The zero-order valence-electron chi connectivity index (χ0n) is 13.7. The third kappa shape index (κ3) is 3.61. The molecule has 4 rings (SSSR count). The van der Waals surface area contributed by atoms with E-state index in [1.165, 1.54) is 11.8 Å². The van der Waals surface area contributed by atoms with E-state index in [9.17, 15) is 4.79 Å². The summed E-state index contributed by atoms with van der Waals surface area (Å²) in [5.74, 6) is 0. The number of anilines is 1. The van der Waals surface area contributed by atoms with Crippen molar-refractivity contribution in [2.45, 2.75) is 17.4 Å². The van der Waals surface area contributed by atoms with E-state index in [0.29, 0.717) is 29.9 Å². The Bertz CT molecular complexity index is 825. The Labute approximate surface area is 160 Å². The summed E-state index contributed by atoms with van der Waals surface area (Å²) in [4.78, 5) is 22.6. The second kappa shape index (κ2) is 7.75. The predicted molar refractivity (Wildman–Crippen MR) is 101 cm³/mol. The van der Waals surface area contributed by atoms with Crippen molar-refractivity contribution in [1.29, 1.82) is 0 Å². The summed E-state index contributed by atoms with van der Waals surface area (Å²) in [6.07, 6.45) is 2.20. The van der Waals surface area contributed by atoms with E-state index in [2.05, 4.69) is 9.98 Å². The van der Waals surface area contributed by atoms with Crippen molar-refractivity contribution in [3.05, 3.63) is 53.2 Å².